The van der Waals surface area contributed by atoms with E-state index in [1.165, 1.54) is 16.8 Å². The lowest BCUT2D eigenvalue weighted by molar-refractivity contribution is 0.292. The number of rotatable bonds is 3. The van der Waals surface area contributed by atoms with Crippen LogP contribution < -0.4 is 10.3 Å². The highest BCUT2D eigenvalue weighted by molar-refractivity contribution is 5.00. The number of ether oxygens (including phenoxy) is 1. The van der Waals surface area contributed by atoms with Crippen molar-refractivity contribution in [3.63, 3.8) is 0 Å². The topological polar surface area (TPSA) is 67.9 Å². The van der Waals surface area contributed by atoms with Crippen LogP contribution in [-0.4, -0.2) is 16.2 Å². The monoisotopic (exact) mass is 179 g/mol. The number of aromatic nitrogens is 2. The molecule has 5 heteroatoms. The maximum atomic E-state index is 11.2. The third-order valence-electron chi connectivity index (χ3n) is 1.40. The van der Waals surface area contributed by atoms with Gasteiger partial charge in [0.1, 0.15) is 6.54 Å². The molecule has 0 unspecified atom stereocenters. The number of nitriles is 1. The second-order valence-corrected chi connectivity index (χ2v) is 2.24. The van der Waals surface area contributed by atoms with Gasteiger partial charge < -0.3 is 4.74 Å². The molecule has 1 aromatic rings. The molecule has 0 N–H and O–H groups in total. The molecule has 0 fully saturated rings. The van der Waals surface area contributed by atoms with Gasteiger partial charge in [-0.25, -0.2) is 9.55 Å². The van der Waals surface area contributed by atoms with Crippen LogP contribution in [0.25, 0.3) is 0 Å². The first-order valence-electron chi connectivity index (χ1n) is 3.85. The van der Waals surface area contributed by atoms with Crippen molar-refractivity contribution in [1.29, 1.82) is 5.26 Å². The Morgan fingerprint density at radius 1 is 1.77 bits per heavy atom. The Labute approximate surface area is 75.2 Å². The molecule has 1 heterocycles. The average molecular weight is 179 g/mol. The van der Waals surface area contributed by atoms with Crippen LogP contribution in [0.15, 0.2) is 17.1 Å². The predicted octanol–water partition coefficient (Wildman–Crippen LogP) is 0.166. The van der Waals surface area contributed by atoms with E-state index in [0.717, 1.165) is 0 Å². The molecule has 0 atom stereocenters. The van der Waals surface area contributed by atoms with E-state index in [9.17, 15) is 4.79 Å². The van der Waals surface area contributed by atoms with Crippen LogP contribution in [0, 0.1) is 11.3 Å². The molecule has 0 bridgehead atoms. The molecule has 0 amide bonds. The average Bonchev–Trinajstić information content (AvgIpc) is 2.11. The molecule has 0 aliphatic rings. The molecular formula is C8H9N3O2. The van der Waals surface area contributed by atoms with Crippen molar-refractivity contribution in [1.82, 2.24) is 9.55 Å². The maximum Gasteiger partial charge on any atom is 0.300 e. The van der Waals surface area contributed by atoms with Crippen LogP contribution in [0.4, 0.5) is 0 Å². The summed E-state index contributed by atoms with van der Waals surface area (Å²) >= 11 is 0. The Balaban J connectivity index is 3.11. The lowest BCUT2D eigenvalue weighted by atomic mass is 10.6. The number of hydrogen-bond donors (Lipinski definition) is 0. The Kier molecular flexibility index (Phi) is 3.03. The fourth-order valence-electron chi connectivity index (χ4n) is 0.879. The molecule has 0 saturated carbocycles. The molecule has 0 saturated heterocycles. The second kappa shape index (κ2) is 4.26. The van der Waals surface area contributed by atoms with E-state index in [4.69, 9.17) is 10.00 Å². The SMILES string of the molecule is CCOc1nccc(=O)n1CC#N. The summed E-state index contributed by atoms with van der Waals surface area (Å²) < 4.78 is 6.26. The Bertz CT molecular complexity index is 378. The van der Waals surface area contributed by atoms with E-state index in [1.54, 1.807) is 6.92 Å². The lowest BCUT2D eigenvalue weighted by Gasteiger charge is -2.06. The molecule has 1 aromatic heterocycles. The van der Waals surface area contributed by atoms with Crippen LogP contribution in [0.5, 0.6) is 6.01 Å². The minimum Gasteiger partial charge on any atom is -0.465 e. The lowest BCUT2D eigenvalue weighted by Crippen LogP contribution is -2.21. The van der Waals surface area contributed by atoms with E-state index in [1.807, 2.05) is 6.07 Å². The third kappa shape index (κ3) is 2.06. The summed E-state index contributed by atoms with van der Waals surface area (Å²) in [5.41, 5.74) is -0.278. The Hall–Kier alpha value is -1.83. The Morgan fingerprint density at radius 3 is 3.15 bits per heavy atom. The van der Waals surface area contributed by atoms with Crippen molar-refractivity contribution in [3.8, 4) is 12.1 Å². The van der Waals surface area contributed by atoms with Gasteiger partial charge in [0, 0.05) is 12.3 Å². The summed E-state index contributed by atoms with van der Waals surface area (Å²) in [7, 11) is 0. The zero-order valence-corrected chi connectivity index (χ0v) is 7.23. The molecule has 1 rings (SSSR count). The van der Waals surface area contributed by atoms with Gasteiger partial charge in [0.25, 0.3) is 11.6 Å². The van der Waals surface area contributed by atoms with Gasteiger partial charge in [-0.05, 0) is 6.92 Å². The quantitative estimate of drug-likeness (QED) is 0.663. The summed E-state index contributed by atoms with van der Waals surface area (Å²) in [6.07, 6.45) is 1.36. The first-order chi connectivity index (χ1) is 6.29. The van der Waals surface area contributed by atoms with Crippen LogP contribution in [0.3, 0.4) is 0 Å². The van der Waals surface area contributed by atoms with E-state index in [2.05, 4.69) is 4.98 Å². The van der Waals surface area contributed by atoms with Crippen molar-refractivity contribution in [3.05, 3.63) is 22.6 Å². The van der Waals surface area contributed by atoms with Gasteiger partial charge in [0.05, 0.1) is 12.7 Å². The van der Waals surface area contributed by atoms with Gasteiger partial charge in [-0.2, -0.15) is 5.26 Å². The highest BCUT2D eigenvalue weighted by Crippen LogP contribution is 2.00. The van der Waals surface area contributed by atoms with Gasteiger partial charge in [-0.15, -0.1) is 0 Å². The van der Waals surface area contributed by atoms with Crippen molar-refractivity contribution in [2.75, 3.05) is 6.61 Å². The molecule has 5 nitrogen and oxygen atoms in total. The minimum absolute atomic E-state index is 0.0397. The highest BCUT2D eigenvalue weighted by Gasteiger charge is 2.03. The fourth-order valence-corrected chi connectivity index (χ4v) is 0.879. The molecule has 13 heavy (non-hydrogen) atoms. The van der Waals surface area contributed by atoms with Gasteiger partial charge in [-0.3, -0.25) is 4.79 Å². The fraction of sp³-hybridized carbons (Fsp3) is 0.375. The molecule has 0 spiro atoms. The summed E-state index contributed by atoms with van der Waals surface area (Å²) in [4.78, 5) is 15.0. The van der Waals surface area contributed by atoms with Crippen molar-refractivity contribution in [2.24, 2.45) is 0 Å². The first-order valence-corrected chi connectivity index (χ1v) is 3.85. The van der Waals surface area contributed by atoms with Crippen LogP contribution >= 0.6 is 0 Å². The van der Waals surface area contributed by atoms with Gasteiger partial charge in [0.2, 0.25) is 0 Å². The van der Waals surface area contributed by atoms with E-state index < -0.39 is 0 Å². The molecule has 68 valence electrons. The van der Waals surface area contributed by atoms with Gasteiger partial charge in [0.15, 0.2) is 0 Å². The van der Waals surface area contributed by atoms with Crippen molar-refractivity contribution in [2.45, 2.75) is 13.5 Å². The van der Waals surface area contributed by atoms with Crippen LogP contribution in [0.2, 0.25) is 0 Å². The van der Waals surface area contributed by atoms with E-state index >= 15 is 0 Å². The van der Waals surface area contributed by atoms with E-state index in [0.29, 0.717) is 6.61 Å². The standard InChI is InChI=1S/C8H9N3O2/c1-2-13-8-10-5-3-7(12)11(8)6-4-9/h3,5H,2,6H2,1H3. The summed E-state index contributed by atoms with van der Waals surface area (Å²) in [6, 6.07) is 3.35. The van der Waals surface area contributed by atoms with Gasteiger partial charge >= 0.3 is 0 Å². The number of nitrogens with zero attached hydrogens (tertiary/aromatic N) is 3. The summed E-state index contributed by atoms with van der Waals surface area (Å²) in [5, 5.41) is 8.44. The maximum absolute atomic E-state index is 11.2. The van der Waals surface area contributed by atoms with E-state index in [-0.39, 0.29) is 18.1 Å². The minimum atomic E-state index is -0.278. The predicted molar refractivity (Wildman–Crippen MR) is 45.3 cm³/mol. The highest BCUT2D eigenvalue weighted by atomic mass is 16.5. The zero-order chi connectivity index (χ0) is 9.68. The normalized spacial score (nSPS) is 9.23. The van der Waals surface area contributed by atoms with Crippen LogP contribution in [-0.2, 0) is 6.54 Å². The van der Waals surface area contributed by atoms with Gasteiger partial charge in [-0.1, -0.05) is 0 Å². The first kappa shape index (κ1) is 9.26. The Morgan fingerprint density at radius 2 is 2.54 bits per heavy atom. The second-order valence-electron chi connectivity index (χ2n) is 2.24. The smallest absolute Gasteiger partial charge is 0.300 e. The number of hydrogen-bond acceptors (Lipinski definition) is 4. The van der Waals surface area contributed by atoms with Crippen LogP contribution in [0.1, 0.15) is 6.92 Å². The molecule has 0 aliphatic carbocycles. The summed E-state index contributed by atoms with van der Waals surface area (Å²) in [5.74, 6) is 0. The zero-order valence-electron chi connectivity index (χ0n) is 7.23. The third-order valence-corrected chi connectivity index (χ3v) is 1.40. The summed E-state index contributed by atoms with van der Waals surface area (Å²) in [6.45, 7) is 2.17. The van der Waals surface area contributed by atoms with Crippen molar-refractivity contribution < 1.29 is 4.74 Å². The largest absolute Gasteiger partial charge is 0.465 e. The van der Waals surface area contributed by atoms with Crippen molar-refractivity contribution >= 4 is 0 Å². The molecule has 0 radical (unpaired) electrons. The molecular weight excluding hydrogens is 170 g/mol. The molecule has 0 aliphatic heterocycles. The molecule has 0 aromatic carbocycles.